The zero-order valence-electron chi connectivity index (χ0n) is 9.13. The highest BCUT2D eigenvalue weighted by Crippen LogP contribution is 2.24. The first-order valence-electron chi connectivity index (χ1n) is 4.94. The molecule has 0 aromatic rings. The standard InChI is InChI=1S/C10H19NO3/c1-8(9(12)13-3)4-11-5-10(2)6-14-7-10/h8,11H,4-7H2,1-3H3. The first-order chi connectivity index (χ1) is 6.57. The van der Waals surface area contributed by atoms with Crippen LogP contribution >= 0.6 is 0 Å². The van der Waals surface area contributed by atoms with Crippen LogP contribution in [0.1, 0.15) is 13.8 Å². The quantitative estimate of drug-likeness (QED) is 0.655. The van der Waals surface area contributed by atoms with E-state index in [9.17, 15) is 4.79 Å². The van der Waals surface area contributed by atoms with E-state index in [1.165, 1.54) is 7.11 Å². The number of esters is 1. The minimum atomic E-state index is -0.160. The van der Waals surface area contributed by atoms with Gasteiger partial charge in [0.15, 0.2) is 0 Å². The molecular formula is C10H19NO3. The number of carbonyl (C=O) groups excluding carboxylic acids is 1. The molecule has 82 valence electrons. The number of rotatable bonds is 5. The van der Waals surface area contributed by atoms with E-state index in [0.717, 1.165) is 19.8 Å². The third-order valence-electron chi connectivity index (χ3n) is 2.51. The van der Waals surface area contributed by atoms with Crippen molar-refractivity contribution in [2.75, 3.05) is 33.4 Å². The molecule has 1 saturated heterocycles. The number of ether oxygens (including phenoxy) is 2. The Hall–Kier alpha value is -0.610. The molecule has 0 aliphatic carbocycles. The molecule has 0 amide bonds. The fourth-order valence-electron chi connectivity index (χ4n) is 1.43. The van der Waals surface area contributed by atoms with Crippen LogP contribution in [-0.4, -0.2) is 39.4 Å². The highest BCUT2D eigenvalue weighted by molar-refractivity contribution is 5.71. The summed E-state index contributed by atoms with van der Waals surface area (Å²) in [6, 6.07) is 0. The monoisotopic (exact) mass is 201 g/mol. The zero-order chi connectivity index (χ0) is 10.6. The molecule has 1 aliphatic heterocycles. The van der Waals surface area contributed by atoms with Gasteiger partial charge in [0, 0.05) is 18.5 Å². The van der Waals surface area contributed by atoms with E-state index in [1.807, 2.05) is 6.92 Å². The van der Waals surface area contributed by atoms with Crippen molar-refractivity contribution < 1.29 is 14.3 Å². The summed E-state index contributed by atoms with van der Waals surface area (Å²) in [5.74, 6) is -0.239. The number of hydrogen-bond acceptors (Lipinski definition) is 4. The molecule has 1 heterocycles. The molecule has 0 aromatic carbocycles. The van der Waals surface area contributed by atoms with Crippen molar-refractivity contribution in [1.82, 2.24) is 5.32 Å². The molecule has 4 nitrogen and oxygen atoms in total. The average Bonchev–Trinajstić information content (AvgIpc) is 2.13. The lowest BCUT2D eigenvalue weighted by Crippen LogP contribution is -2.48. The van der Waals surface area contributed by atoms with E-state index < -0.39 is 0 Å². The molecule has 1 aliphatic rings. The van der Waals surface area contributed by atoms with Crippen molar-refractivity contribution >= 4 is 5.97 Å². The highest BCUT2D eigenvalue weighted by Gasteiger charge is 2.32. The van der Waals surface area contributed by atoms with Crippen LogP contribution < -0.4 is 5.32 Å². The number of hydrogen-bond donors (Lipinski definition) is 1. The second kappa shape index (κ2) is 4.75. The minimum Gasteiger partial charge on any atom is -0.469 e. The Morgan fingerprint density at radius 2 is 2.29 bits per heavy atom. The average molecular weight is 201 g/mol. The molecule has 1 N–H and O–H groups in total. The van der Waals surface area contributed by atoms with Gasteiger partial charge < -0.3 is 14.8 Å². The van der Waals surface area contributed by atoms with Crippen molar-refractivity contribution in [3.63, 3.8) is 0 Å². The predicted molar refractivity (Wildman–Crippen MR) is 53.0 cm³/mol. The summed E-state index contributed by atoms with van der Waals surface area (Å²) in [7, 11) is 1.42. The van der Waals surface area contributed by atoms with Crippen molar-refractivity contribution in [3.8, 4) is 0 Å². The Morgan fingerprint density at radius 3 is 2.71 bits per heavy atom. The van der Waals surface area contributed by atoms with Crippen molar-refractivity contribution in [2.24, 2.45) is 11.3 Å². The number of nitrogens with one attached hydrogen (secondary N) is 1. The third-order valence-corrected chi connectivity index (χ3v) is 2.51. The molecule has 0 bridgehead atoms. The Bertz CT molecular complexity index is 202. The van der Waals surface area contributed by atoms with Gasteiger partial charge in [-0.05, 0) is 0 Å². The summed E-state index contributed by atoms with van der Waals surface area (Å²) in [5.41, 5.74) is 0.260. The molecule has 1 atom stereocenters. The van der Waals surface area contributed by atoms with Crippen LogP contribution in [0.4, 0.5) is 0 Å². The second-order valence-corrected chi connectivity index (χ2v) is 4.36. The molecular weight excluding hydrogens is 182 g/mol. The topological polar surface area (TPSA) is 47.6 Å². The summed E-state index contributed by atoms with van der Waals surface area (Å²) in [5, 5.41) is 3.26. The first kappa shape index (κ1) is 11.5. The maximum absolute atomic E-state index is 11.1. The van der Waals surface area contributed by atoms with E-state index in [0.29, 0.717) is 6.54 Å². The Kier molecular flexibility index (Phi) is 3.89. The van der Waals surface area contributed by atoms with E-state index in [4.69, 9.17) is 4.74 Å². The van der Waals surface area contributed by atoms with Gasteiger partial charge in [0.05, 0.1) is 26.2 Å². The van der Waals surface area contributed by atoms with E-state index in [-0.39, 0.29) is 17.3 Å². The summed E-state index contributed by atoms with van der Waals surface area (Å²) >= 11 is 0. The molecule has 1 unspecified atom stereocenters. The molecule has 1 fully saturated rings. The lowest BCUT2D eigenvalue weighted by molar-refractivity contribution is -0.144. The van der Waals surface area contributed by atoms with Crippen LogP contribution in [0.2, 0.25) is 0 Å². The Labute approximate surface area is 85.0 Å². The molecule has 0 aromatic heterocycles. The van der Waals surface area contributed by atoms with E-state index >= 15 is 0 Å². The Morgan fingerprint density at radius 1 is 1.64 bits per heavy atom. The first-order valence-corrected chi connectivity index (χ1v) is 4.94. The van der Waals surface area contributed by atoms with Crippen LogP contribution in [0.3, 0.4) is 0 Å². The van der Waals surface area contributed by atoms with Gasteiger partial charge in [-0.25, -0.2) is 0 Å². The van der Waals surface area contributed by atoms with Crippen LogP contribution in [0.5, 0.6) is 0 Å². The van der Waals surface area contributed by atoms with Crippen molar-refractivity contribution in [2.45, 2.75) is 13.8 Å². The van der Waals surface area contributed by atoms with Crippen molar-refractivity contribution in [1.29, 1.82) is 0 Å². The van der Waals surface area contributed by atoms with Crippen LogP contribution in [0.15, 0.2) is 0 Å². The van der Waals surface area contributed by atoms with Crippen molar-refractivity contribution in [3.05, 3.63) is 0 Å². The normalized spacial score (nSPS) is 21.1. The fourth-order valence-corrected chi connectivity index (χ4v) is 1.43. The lowest BCUT2D eigenvalue weighted by Gasteiger charge is -2.38. The zero-order valence-corrected chi connectivity index (χ0v) is 9.13. The largest absolute Gasteiger partial charge is 0.469 e. The van der Waals surface area contributed by atoms with E-state index in [2.05, 4.69) is 17.0 Å². The molecule has 1 rings (SSSR count). The van der Waals surface area contributed by atoms with Crippen LogP contribution in [0, 0.1) is 11.3 Å². The lowest BCUT2D eigenvalue weighted by atomic mass is 9.88. The SMILES string of the molecule is COC(=O)C(C)CNCC1(C)COC1. The Balaban J connectivity index is 2.11. The molecule has 0 spiro atoms. The predicted octanol–water partition coefficient (Wildman–Crippen LogP) is 0.422. The number of methoxy groups -OCH3 is 1. The summed E-state index contributed by atoms with van der Waals surface area (Å²) in [4.78, 5) is 11.1. The van der Waals surface area contributed by atoms with Gasteiger partial charge >= 0.3 is 5.97 Å². The second-order valence-electron chi connectivity index (χ2n) is 4.36. The maximum atomic E-state index is 11.1. The molecule has 14 heavy (non-hydrogen) atoms. The van der Waals surface area contributed by atoms with Gasteiger partial charge in [0.2, 0.25) is 0 Å². The third kappa shape index (κ3) is 2.96. The summed E-state index contributed by atoms with van der Waals surface area (Å²) in [6.07, 6.45) is 0. The fraction of sp³-hybridized carbons (Fsp3) is 0.900. The van der Waals surface area contributed by atoms with Gasteiger partial charge in [-0.15, -0.1) is 0 Å². The number of carbonyl (C=O) groups is 1. The van der Waals surface area contributed by atoms with Gasteiger partial charge in [-0.1, -0.05) is 13.8 Å². The molecule has 0 radical (unpaired) electrons. The molecule has 0 saturated carbocycles. The van der Waals surface area contributed by atoms with E-state index in [1.54, 1.807) is 0 Å². The van der Waals surface area contributed by atoms with Crippen LogP contribution in [-0.2, 0) is 14.3 Å². The minimum absolute atomic E-state index is 0.0791. The summed E-state index contributed by atoms with van der Waals surface area (Å²) < 4.78 is 9.76. The smallest absolute Gasteiger partial charge is 0.309 e. The maximum Gasteiger partial charge on any atom is 0.309 e. The van der Waals surface area contributed by atoms with Gasteiger partial charge in [-0.2, -0.15) is 0 Å². The highest BCUT2D eigenvalue weighted by atomic mass is 16.5. The van der Waals surface area contributed by atoms with Crippen LogP contribution in [0.25, 0.3) is 0 Å². The molecule has 4 heteroatoms. The van der Waals surface area contributed by atoms with Gasteiger partial charge in [0.25, 0.3) is 0 Å². The van der Waals surface area contributed by atoms with Gasteiger partial charge in [0.1, 0.15) is 0 Å². The van der Waals surface area contributed by atoms with Gasteiger partial charge in [-0.3, -0.25) is 4.79 Å². The summed E-state index contributed by atoms with van der Waals surface area (Å²) in [6.45, 7) is 7.22.